The maximum absolute atomic E-state index is 12.5. The summed E-state index contributed by atoms with van der Waals surface area (Å²) >= 11 is 0. The van der Waals surface area contributed by atoms with Gasteiger partial charge in [0, 0.05) is 5.56 Å². The Balaban J connectivity index is 2.19. The molecule has 0 amide bonds. The molecule has 0 aliphatic rings. The van der Waals surface area contributed by atoms with Gasteiger partial charge < -0.3 is 9.47 Å². The van der Waals surface area contributed by atoms with Gasteiger partial charge in [-0.1, -0.05) is 70.2 Å². The third-order valence-corrected chi connectivity index (χ3v) is 3.98. The third kappa shape index (κ3) is 5.19. The molecule has 2 rings (SSSR count). The fourth-order valence-electron chi connectivity index (χ4n) is 2.44. The van der Waals surface area contributed by atoms with Crippen LogP contribution in [0, 0.1) is 0 Å². The summed E-state index contributed by atoms with van der Waals surface area (Å²) in [7, 11) is 0. The van der Waals surface area contributed by atoms with E-state index in [1.54, 1.807) is 36.4 Å². The van der Waals surface area contributed by atoms with Gasteiger partial charge in [-0.2, -0.15) is 0 Å². The number of carbonyl (C=O) groups is 2. The van der Waals surface area contributed by atoms with E-state index >= 15 is 0 Å². The highest BCUT2D eigenvalue weighted by Crippen LogP contribution is 2.24. The normalized spacial score (nSPS) is 12.3. The van der Waals surface area contributed by atoms with E-state index in [1.807, 2.05) is 25.1 Å². The predicted molar refractivity (Wildman–Crippen MR) is 101 cm³/mol. The Labute approximate surface area is 155 Å². The van der Waals surface area contributed by atoms with Gasteiger partial charge in [0.15, 0.2) is 0 Å². The van der Waals surface area contributed by atoms with Crippen LogP contribution in [0.15, 0.2) is 54.6 Å². The molecule has 26 heavy (non-hydrogen) atoms. The molecule has 0 aliphatic carbocycles. The van der Waals surface area contributed by atoms with Crippen molar-refractivity contribution in [3.63, 3.8) is 0 Å². The Morgan fingerprint density at radius 1 is 0.962 bits per heavy atom. The van der Waals surface area contributed by atoms with E-state index in [0.29, 0.717) is 24.2 Å². The lowest BCUT2D eigenvalue weighted by molar-refractivity contribution is -0.154. The molecule has 138 valence electrons. The lowest BCUT2D eigenvalue weighted by atomic mass is 9.87. The van der Waals surface area contributed by atoms with Gasteiger partial charge in [-0.05, 0) is 29.5 Å². The van der Waals surface area contributed by atoms with Gasteiger partial charge in [0.05, 0.1) is 12.2 Å². The van der Waals surface area contributed by atoms with E-state index in [2.05, 4.69) is 20.8 Å². The molecule has 0 saturated carbocycles. The zero-order valence-corrected chi connectivity index (χ0v) is 15.8. The first-order chi connectivity index (χ1) is 12.3. The smallest absolute Gasteiger partial charge is 0.352 e. The van der Waals surface area contributed by atoms with Gasteiger partial charge in [-0.25, -0.2) is 9.59 Å². The van der Waals surface area contributed by atoms with Gasteiger partial charge in [0.25, 0.3) is 0 Å². The minimum absolute atomic E-state index is 0.00102. The molecule has 0 bridgehead atoms. The largest absolute Gasteiger partial charge is 0.463 e. The van der Waals surface area contributed by atoms with E-state index in [4.69, 9.17) is 9.47 Å². The quantitative estimate of drug-likeness (QED) is 0.697. The average Bonchev–Trinajstić information content (AvgIpc) is 2.64. The molecule has 2 aromatic carbocycles. The van der Waals surface area contributed by atoms with Crippen LogP contribution in [0.5, 0.6) is 0 Å². The molecule has 0 fully saturated rings. The standard InChI is InChI=1S/C22H26O4/c1-5-15-25-21(24)19(16-9-7-6-8-10-16)26-20(23)17-11-13-18(14-12-17)22(2,3)4/h6-14,19H,5,15H2,1-4H3. The summed E-state index contributed by atoms with van der Waals surface area (Å²) in [6.45, 7) is 8.52. The fraction of sp³-hybridized carbons (Fsp3) is 0.364. The minimum atomic E-state index is -1.07. The van der Waals surface area contributed by atoms with Crippen molar-refractivity contribution in [2.75, 3.05) is 6.61 Å². The molecule has 2 aromatic rings. The maximum Gasteiger partial charge on any atom is 0.352 e. The fourth-order valence-corrected chi connectivity index (χ4v) is 2.44. The van der Waals surface area contributed by atoms with Gasteiger partial charge >= 0.3 is 11.9 Å². The zero-order valence-electron chi connectivity index (χ0n) is 15.8. The number of ether oxygens (including phenoxy) is 2. The lowest BCUT2D eigenvalue weighted by Gasteiger charge is -2.20. The van der Waals surface area contributed by atoms with Crippen molar-refractivity contribution in [1.82, 2.24) is 0 Å². The summed E-state index contributed by atoms with van der Waals surface area (Å²) in [6, 6.07) is 16.2. The molecule has 0 heterocycles. The van der Waals surface area contributed by atoms with Gasteiger partial charge in [-0.15, -0.1) is 0 Å². The molecule has 0 N–H and O–H groups in total. The first-order valence-electron chi connectivity index (χ1n) is 8.86. The second-order valence-corrected chi connectivity index (χ2v) is 7.19. The molecule has 0 aliphatic heterocycles. The molecule has 4 heteroatoms. The molecule has 4 nitrogen and oxygen atoms in total. The van der Waals surface area contributed by atoms with Crippen LogP contribution in [0.25, 0.3) is 0 Å². The second-order valence-electron chi connectivity index (χ2n) is 7.19. The Morgan fingerprint density at radius 2 is 1.58 bits per heavy atom. The minimum Gasteiger partial charge on any atom is -0.463 e. The summed E-state index contributed by atoms with van der Waals surface area (Å²) in [5.74, 6) is -1.11. The number of hydrogen-bond acceptors (Lipinski definition) is 4. The van der Waals surface area contributed by atoms with Crippen molar-refractivity contribution in [1.29, 1.82) is 0 Å². The summed E-state index contributed by atoms with van der Waals surface area (Å²) in [5.41, 5.74) is 2.12. The van der Waals surface area contributed by atoms with Crippen molar-refractivity contribution in [2.24, 2.45) is 0 Å². The van der Waals surface area contributed by atoms with Gasteiger partial charge in [0.1, 0.15) is 0 Å². The van der Waals surface area contributed by atoms with Gasteiger partial charge in [-0.3, -0.25) is 0 Å². The monoisotopic (exact) mass is 354 g/mol. The molecule has 0 aromatic heterocycles. The molecule has 1 atom stereocenters. The van der Waals surface area contributed by atoms with Crippen LogP contribution in [0.1, 0.15) is 61.7 Å². The highest BCUT2D eigenvalue weighted by molar-refractivity contribution is 5.91. The topological polar surface area (TPSA) is 52.6 Å². The van der Waals surface area contributed by atoms with Crippen LogP contribution in [0.2, 0.25) is 0 Å². The zero-order chi connectivity index (χ0) is 19.2. The maximum atomic E-state index is 12.5. The Morgan fingerprint density at radius 3 is 2.12 bits per heavy atom. The van der Waals surface area contributed by atoms with E-state index in [9.17, 15) is 9.59 Å². The summed E-state index contributed by atoms with van der Waals surface area (Å²) in [4.78, 5) is 24.9. The van der Waals surface area contributed by atoms with Crippen LogP contribution in [-0.4, -0.2) is 18.5 Å². The molecule has 0 spiro atoms. The molecule has 0 saturated heterocycles. The van der Waals surface area contributed by atoms with Gasteiger partial charge in [0.2, 0.25) is 6.10 Å². The highest BCUT2D eigenvalue weighted by atomic mass is 16.6. The Bertz CT molecular complexity index is 727. The number of benzene rings is 2. The van der Waals surface area contributed by atoms with Crippen molar-refractivity contribution in [3.05, 3.63) is 71.3 Å². The Hall–Kier alpha value is -2.62. The second kappa shape index (κ2) is 8.65. The van der Waals surface area contributed by atoms with Crippen molar-refractivity contribution < 1.29 is 19.1 Å². The third-order valence-electron chi connectivity index (χ3n) is 3.98. The lowest BCUT2D eigenvalue weighted by Crippen LogP contribution is -2.22. The summed E-state index contributed by atoms with van der Waals surface area (Å²) < 4.78 is 10.7. The molecular formula is C22H26O4. The average molecular weight is 354 g/mol. The Kier molecular flexibility index (Phi) is 6.56. The van der Waals surface area contributed by atoms with Crippen LogP contribution < -0.4 is 0 Å². The first-order valence-corrected chi connectivity index (χ1v) is 8.86. The van der Waals surface area contributed by atoms with Crippen molar-refractivity contribution in [2.45, 2.75) is 45.6 Å². The molecule has 1 unspecified atom stereocenters. The van der Waals surface area contributed by atoms with Crippen LogP contribution in [0.3, 0.4) is 0 Å². The molecule has 0 radical (unpaired) electrons. The van der Waals surface area contributed by atoms with E-state index in [-0.39, 0.29) is 5.41 Å². The van der Waals surface area contributed by atoms with Crippen molar-refractivity contribution in [3.8, 4) is 0 Å². The summed E-state index contributed by atoms with van der Waals surface area (Å²) in [6.07, 6.45) is -0.368. The number of hydrogen-bond donors (Lipinski definition) is 0. The van der Waals surface area contributed by atoms with Crippen LogP contribution >= 0.6 is 0 Å². The highest BCUT2D eigenvalue weighted by Gasteiger charge is 2.27. The summed E-state index contributed by atoms with van der Waals surface area (Å²) in [5, 5.41) is 0. The first kappa shape index (κ1) is 19.7. The number of rotatable bonds is 6. The van der Waals surface area contributed by atoms with E-state index in [1.165, 1.54) is 0 Å². The van der Waals surface area contributed by atoms with E-state index in [0.717, 1.165) is 5.56 Å². The SMILES string of the molecule is CCCOC(=O)C(OC(=O)c1ccc(C(C)(C)C)cc1)c1ccccc1. The predicted octanol–water partition coefficient (Wildman–Crippen LogP) is 4.84. The molecular weight excluding hydrogens is 328 g/mol. The van der Waals surface area contributed by atoms with Crippen LogP contribution in [-0.2, 0) is 19.7 Å². The number of esters is 2. The number of carbonyl (C=O) groups excluding carboxylic acids is 2. The van der Waals surface area contributed by atoms with E-state index < -0.39 is 18.0 Å². The van der Waals surface area contributed by atoms with Crippen LogP contribution in [0.4, 0.5) is 0 Å². The van der Waals surface area contributed by atoms with Crippen molar-refractivity contribution >= 4 is 11.9 Å².